The minimum atomic E-state index is -1.49. The average molecular weight is 180 g/mol. The van der Waals surface area contributed by atoms with Crippen LogP contribution >= 0.6 is 0 Å². The van der Waals surface area contributed by atoms with Crippen molar-refractivity contribution in [1.82, 2.24) is 0 Å². The fourth-order valence-corrected chi connectivity index (χ4v) is 0.874. The van der Waals surface area contributed by atoms with Gasteiger partial charge in [0.2, 0.25) is 0 Å². The Kier molecular flexibility index (Phi) is 3.05. The Labute approximate surface area is 75.9 Å². The molecule has 0 saturated carbocycles. The molecule has 1 rings (SSSR count). The normalized spacial score (nSPS) is 9.46. The lowest BCUT2D eigenvalue weighted by Gasteiger charge is -2.02. The van der Waals surface area contributed by atoms with Gasteiger partial charge in [0.05, 0.1) is 0 Å². The molecule has 4 nitrogen and oxygen atoms in total. The number of hydrogen-bond acceptors (Lipinski definition) is 4. The van der Waals surface area contributed by atoms with Crippen LogP contribution in [0.4, 0.5) is 0 Å². The van der Waals surface area contributed by atoms with Crippen LogP contribution < -0.4 is 10.2 Å². The van der Waals surface area contributed by atoms with Gasteiger partial charge in [-0.05, 0) is 17.6 Å². The van der Waals surface area contributed by atoms with Gasteiger partial charge >= 0.3 is 13.1 Å². The molecule has 0 atom stereocenters. The van der Waals surface area contributed by atoms with Gasteiger partial charge in [0, 0.05) is 6.92 Å². The van der Waals surface area contributed by atoms with Gasteiger partial charge in [-0.25, -0.2) is 0 Å². The van der Waals surface area contributed by atoms with E-state index in [1.54, 1.807) is 0 Å². The highest BCUT2D eigenvalue weighted by molar-refractivity contribution is 6.58. The molecule has 5 heteroatoms. The quantitative estimate of drug-likeness (QED) is 0.358. The smallest absolute Gasteiger partial charge is 0.427 e. The first kappa shape index (κ1) is 9.76. The molecule has 13 heavy (non-hydrogen) atoms. The maximum absolute atomic E-state index is 10.5. The van der Waals surface area contributed by atoms with E-state index in [2.05, 4.69) is 0 Å². The predicted molar refractivity (Wildman–Crippen MR) is 47.6 cm³/mol. The summed E-state index contributed by atoms with van der Waals surface area (Å²) in [5.41, 5.74) is 0.357. The highest BCUT2D eigenvalue weighted by Gasteiger charge is 2.09. The third-order valence-corrected chi connectivity index (χ3v) is 1.44. The summed E-state index contributed by atoms with van der Waals surface area (Å²) in [5, 5.41) is 17.5. The Morgan fingerprint density at radius 3 is 2.23 bits per heavy atom. The summed E-state index contributed by atoms with van der Waals surface area (Å²) < 4.78 is 4.75. The number of carbonyl (C=O) groups excluding carboxylic acids is 1. The Hall–Kier alpha value is -1.33. The van der Waals surface area contributed by atoms with Gasteiger partial charge in [-0.15, -0.1) is 0 Å². The standard InChI is InChI=1S/C8H9BO4/c1-6(10)13-8-4-2-7(3-5-8)9(11)12/h2-5,11-12H,1H3. The number of benzene rings is 1. The minimum absolute atomic E-state index is 0.357. The lowest BCUT2D eigenvalue weighted by molar-refractivity contribution is -0.131. The van der Waals surface area contributed by atoms with Crippen molar-refractivity contribution in [3.63, 3.8) is 0 Å². The van der Waals surface area contributed by atoms with Crippen LogP contribution in [0.3, 0.4) is 0 Å². The lowest BCUT2D eigenvalue weighted by Crippen LogP contribution is -2.29. The molecule has 0 heterocycles. The van der Waals surface area contributed by atoms with E-state index < -0.39 is 13.1 Å². The highest BCUT2D eigenvalue weighted by Crippen LogP contribution is 2.07. The molecule has 0 fully saturated rings. The molecule has 2 N–H and O–H groups in total. The Balaban J connectivity index is 2.75. The summed E-state index contributed by atoms with van der Waals surface area (Å²) in [5.74, 6) is -0.0193. The van der Waals surface area contributed by atoms with Crippen LogP contribution in [0.2, 0.25) is 0 Å². The molecule has 1 aromatic rings. The van der Waals surface area contributed by atoms with Crippen LogP contribution in [0.15, 0.2) is 24.3 Å². The van der Waals surface area contributed by atoms with Crippen molar-refractivity contribution in [3.05, 3.63) is 24.3 Å². The summed E-state index contributed by atoms with van der Waals surface area (Å²) in [7, 11) is -1.49. The first-order valence-corrected chi connectivity index (χ1v) is 3.74. The fourth-order valence-electron chi connectivity index (χ4n) is 0.874. The van der Waals surface area contributed by atoms with Gasteiger partial charge < -0.3 is 14.8 Å². The molecule has 0 bridgehead atoms. The molecule has 1 aromatic carbocycles. The first-order valence-electron chi connectivity index (χ1n) is 3.74. The Bertz CT molecular complexity index is 294. The summed E-state index contributed by atoms with van der Waals surface area (Å²) in [6, 6.07) is 5.94. The number of rotatable bonds is 2. The van der Waals surface area contributed by atoms with E-state index in [1.807, 2.05) is 0 Å². The fraction of sp³-hybridized carbons (Fsp3) is 0.125. The molecule has 0 aromatic heterocycles. The molecule has 0 radical (unpaired) electrons. The van der Waals surface area contributed by atoms with E-state index in [0.717, 1.165) is 0 Å². The van der Waals surface area contributed by atoms with Gasteiger partial charge in [0.1, 0.15) is 5.75 Å². The number of esters is 1. The van der Waals surface area contributed by atoms with Crippen LogP contribution in [0, 0.1) is 0 Å². The van der Waals surface area contributed by atoms with Crippen molar-refractivity contribution in [3.8, 4) is 5.75 Å². The summed E-state index contributed by atoms with van der Waals surface area (Å²) in [6.45, 7) is 1.30. The molecule has 68 valence electrons. The molecule has 0 aliphatic rings. The first-order chi connectivity index (χ1) is 6.09. The highest BCUT2D eigenvalue weighted by atomic mass is 16.5. The zero-order chi connectivity index (χ0) is 9.84. The monoisotopic (exact) mass is 180 g/mol. The molecular formula is C8H9BO4. The second-order valence-electron chi connectivity index (χ2n) is 2.54. The van der Waals surface area contributed by atoms with Crippen LogP contribution in [-0.2, 0) is 4.79 Å². The van der Waals surface area contributed by atoms with E-state index in [1.165, 1.54) is 31.2 Å². The molecule has 0 aliphatic carbocycles. The minimum Gasteiger partial charge on any atom is -0.427 e. The Morgan fingerprint density at radius 2 is 1.85 bits per heavy atom. The van der Waals surface area contributed by atoms with E-state index >= 15 is 0 Å². The predicted octanol–water partition coefficient (Wildman–Crippen LogP) is -0.708. The number of carbonyl (C=O) groups is 1. The molecule has 0 spiro atoms. The number of hydrogen-bond donors (Lipinski definition) is 2. The number of ether oxygens (including phenoxy) is 1. The van der Waals surface area contributed by atoms with E-state index in [0.29, 0.717) is 11.2 Å². The Morgan fingerprint density at radius 1 is 1.31 bits per heavy atom. The second kappa shape index (κ2) is 4.07. The molecular weight excluding hydrogens is 171 g/mol. The van der Waals surface area contributed by atoms with Crippen LogP contribution in [0.5, 0.6) is 5.75 Å². The zero-order valence-corrected chi connectivity index (χ0v) is 7.10. The van der Waals surface area contributed by atoms with Crippen molar-refractivity contribution in [1.29, 1.82) is 0 Å². The summed E-state index contributed by atoms with van der Waals surface area (Å²) in [6.07, 6.45) is 0. The van der Waals surface area contributed by atoms with E-state index in [4.69, 9.17) is 14.8 Å². The van der Waals surface area contributed by atoms with Gasteiger partial charge in [-0.2, -0.15) is 0 Å². The van der Waals surface area contributed by atoms with Crippen LogP contribution in [0.25, 0.3) is 0 Å². The molecule has 0 amide bonds. The SMILES string of the molecule is CC(=O)Oc1ccc(B(O)O)cc1. The average Bonchev–Trinajstić information content (AvgIpc) is 2.04. The van der Waals surface area contributed by atoms with Crippen molar-refractivity contribution in [2.24, 2.45) is 0 Å². The van der Waals surface area contributed by atoms with Crippen molar-refractivity contribution < 1.29 is 19.6 Å². The van der Waals surface area contributed by atoms with E-state index in [-0.39, 0.29) is 0 Å². The third kappa shape index (κ3) is 2.89. The van der Waals surface area contributed by atoms with Gasteiger partial charge in [0.25, 0.3) is 0 Å². The van der Waals surface area contributed by atoms with Gasteiger partial charge in [0.15, 0.2) is 0 Å². The molecule has 0 unspecified atom stereocenters. The lowest BCUT2D eigenvalue weighted by atomic mass is 9.80. The largest absolute Gasteiger partial charge is 0.488 e. The topological polar surface area (TPSA) is 66.8 Å². The van der Waals surface area contributed by atoms with E-state index in [9.17, 15) is 4.79 Å². The summed E-state index contributed by atoms with van der Waals surface area (Å²) >= 11 is 0. The maximum atomic E-state index is 10.5. The van der Waals surface area contributed by atoms with Crippen molar-refractivity contribution in [2.75, 3.05) is 0 Å². The van der Waals surface area contributed by atoms with Crippen molar-refractivity contribution >= 4 is 18.6 Å². The third-order valence-electron chi connectivity index (χ3n) is 1.44. The molecule has 0 aliphatic heterocycles. The zero-order valence-electron chi connectivity index (χ0n) is 7.10. The van der Waals surface area contributed by atoms with Crippen LogP contribution in [0.1, 0.15) is 6.92 Å². The maximum Gasteiger partial charge on any atom is 0.488 e. The summed E-state index contributed by atoms with van der Waals surface area (Å²) in [4.78, 5) is 10.5. The van der Waals surface area contributed by atoms with Crippen molar-refractivity contribution in [2.45, 2.75) is 6.92 Å². The van der Waals surface area contributed by atoms with Gasteiger partial charge in [-0.1, -0.05) is 12.1 Å². The second-order valence-corrected chi connectivity index (χ2v) is 2.54. The van der Waals surface area contributed by atoms with Crippen LogP contribution in [-0.4, -0.2) is 23.1 Å². The molecule has 0 saturated heterocycles. The van der Waals surface area contributed by atoms with Gasteiger partial charge in [-0.3, -0.25) is 4.79 Å².